The molecule has 1 amide bonds. The number of nitrogens with zero attached hydrogens (tertiary/aromatic N) is 4. The zero-order chi connectivity index (χ0) is 18.5. The van der Waals surface area contributed by atoms with Crippen molar-refractivity contribution in [2.75, 3.05) is 5.75 Å². The molecule has 1 heterocycles. The van der Waals surface area contributed by atoms with Gasteiger partial charge in [-0.2, -0.15) is 4.68 Å². The first-order chi connectivity index (χ1) is 12.5. The Hall–Kier alpha value is -2.74. The average molecular weight is 371 g/mol. The van der Waals surface area contributed by atoms with Gasteiger partial charge in [0.05, 0.1) is 11.4 Å². The summed E-state index contributed by atoms with van der Waals surface area (Å²) in [5, 5.41) is 15.1. The quantitative estimate of drug-likeness (QED) is 0.675. The van der Waals surface area contributed by atoms with E-state index in [1.165, 1.54) is 23.9 Å². The summed E-state index contributed by atoms with van der Waals surface area (Å²) in [5.74, 6) is -0.254. The van der Waals surface area contributed by atoms with E-state index in [1.54, 1.807) is 16.8 Å². The number of amides is 1. The predicted octanol–water partition coefficient (Wildman–Crippen LogP) is 2.83. The lowest BCUT2D eigenvalue weighted by Gasteiger charge is -2.08. The molecule has 0 saturated heterocycles. The smallest absolute Gasteiger partial charge is 0.230 e. The van der Waals surface area contributed by atoms with Crippen LogP contribution in [-0.4, -0.2) is 31.9 Å². The van der Waals surface area contributed by atoms with Crippen LogP contribution in [-0.2, 0) is 11.3 Å². The van der Waals surface area contributed by atoms with E-state index in [2.05, 4.69) is 26.9 Å². The second-order valence-electron chi connectivity index (χ2n) is 5.86. The molecule has 3 rings (SSSR count). The Balaban J connectivity index is 1.59. The molecule has 0 aliphatic carbocycles. The van der Waals surface area contributed by atoms with E-state index in [4.69, 9.17) is 0 Å². The van der Waals surface area contributed by atoms with Crippen LogP contribution in [0.5, 0.6) is 0 Å². The lowest BCUT2D eigenvalue weighted by atomic mass is 10.1. The molecule has 0 aliphatic heterocycles. The van der Waals surface area contributed by atoms with Gasteiger partial charge in [-0.25, -0.2) is 4.39 Å². The average Bonchev–Trinajstić information content (AvgIpc) is 3.08. The molecular weight excluding hydrogens is 353 g/mol. The first-order valence-corrected chi connectivity index (χ1v) is 9.01. The molecule has 0 spiro atoms. The van der Waals surface area contributed by atoms with E-state index < -0.39 is 0 Å². The Morgan fingerprint density at radius 2 is 1.96 bits per heavy atom. The minimum atomic E-state index is -0.297. The van der Waals surface area contributed by atoms with Gasteiger partial charge in [0, 0.05) is 6.54 Å². The molecule has 0 aliphatic rings. The molecule has 0 atom stereocenters. The summed E-state index contributed by atoms with van der Waals surface area (Å²) in [6.45, 7) is 4.37. The topological polar surface area (TPSA) is 72.7 Å². The number of aryl methyl sites for hydroxylation is 2. The van der Waals surface area contributed by atoms with Crippen molar-refractivity contribution in [1.29, 1.82) is 0 Å². The minimum Gasteiger partial charge on any atom is -0.351 e. The van der Waals surface area contributed by atoms with Crippen LogP contribution < -0.4 is 5.32 Å². The van der Waals surface area contributed by atoms with E-state index in [0.717, 1.165) is 22.4 Å². The van der Waals surface area contributed by atoms with Crippen LogP contribution in [0.25, 0.3) is 5.69 Å². The fraction of sp³-hybridized carbons (Fsp3) is 0.222. The fourth-order valence-electron chi connectivity index (χ4n) is 2.45. The summed E-state index contributed by atoms with van der Waals surface area (Å²) in [7, 11) is 0. The number of thioether (sulfide) groups is 1. The number of tetrazole rings is 1. The van der Waals surface area contributed by atoms with Crippen LogP contribution in [0, 0.1) is 19.7 Å². The highest BCUT2D eigenvalue weighted by Crippen LogP contribution is 2.21. The first kappa shape index (κ1) is 18.1. The van der Waals surface area contributed by atoms with Gasteiger partial charge in [-0.1, -0.05) is 41.6 Å². The number of benzene rings is 2. The molecule has 134 valence electrons. The second-order valence-corrected chi connectivity index (χ2v) is 6.80. The maximum Gasteiger partial charge on any atom is 0.230 e. The highest BCUT2D eigenvalue weighted by atomic mass is 32.2. The number of carbonyl (C=O) groups is 1. The number of halogens is 1. The number of hydrogen-bond acceptors (Lipinski definition) is 5. The highest BCUT2D eigenvalue weighted by molar-refractivity contribution is 7.99. The SMILES string of the molecule is Cc1ccc(-n2nnnc2SCC(=O)NCc2ccc(F)cc2)c(C)c1. The van der Waals surface area contributed by atoms with E-state index in [9.17, 15) is 9.18 Å². The number of aromatic nitrogens is 4. The van der Waals surface area contributed by atoms with Crippen molar-refractivity contribution in [2.24, 2.45) is 0 Å². The van der Waals surface area contributed by atoms with E-state index in [-0.39, 0.29) is 17.5 Å². The predicted molar refractivity (Wildman–Crippen MR) is 97.6 cm³/mol. The molecule has 0 bridgehead atoms. The zero-order valence-corrected chi connectivity index (χ0v) is 15.3. The number of hydrogen-bond donors (Lipinski definition) is 1. The molecule has 8 heteroatoms. The van der Waals surface area contributed by atoms with Crippen LogP contribution in [0.15, 0.2) is 47.6 Å². The molecule has 0 saturated carbocycles. The Bertz CT molecular complexity index is 910. The molecule has 3 aromatic rings. The third-order valence-electron chi connectivity index (χ3n) is 3.76. The lowest BCUT2D eigenvalue weighted by molar-refractivity contribution is -0.118. The number of carbonyl (C=O) groups excluding carboxylic acids is 1. The molecule has 6 nitrogen and oxygen atoms in total. The summed E-state index contributed by atoms with van der Waals surface area (Å²) in [6, 6.07) is 12.0. The normalized spacial score (nSPS) is 10.7. The molecule has 2 aromatic carbocycles. The highest BCUT2D eigenvalue weighted by Gasteiger charge is 2.13. The van der Waals surface area contributed by atoms with Crippen molar-refractivity contribution in [3.63, 3.8) is 0 Å². The van der Waals surface area contributed by atoms with Gasteiger partial charge >= 0.3 is 0 Å². The number of rotatable bonds is 6. The van der Waals surface area contributed by atoms with E-state index in [0.29, 0.717) is 11.7 Å². The van der Waals surface area contributed by atoms with Crippen LogP contribution in [0.4, 0.5) is 4.39 Å². The van der Waals surface area contributed by atoms with E-state index in [1.807, 2.05) is 26.0 Å². The van der Waals surface area contributed by atoms with Crippen molar-refractivity contribution in [3.8, 4) is 5.69 Å². The van der Waals surface area contributed by atoms with Crippen molar-refractivity contribution >= 4 is 17.7 Å². The van der Waals surface area contributed by atoms with Crippen molar-refractivity contribution in [3.05, 3.63) is 65.0 Å². The van der Waals surface area contributed by atoms with Crippen molar-refractivity contribution < 1.29 is 9.18 Å². The third-order valence-corrected chi connectivity index (χ3v) is 4.68. The van der Waals surface area contributed by atoms with Crippen molar-refractivity contribution in [2.45, 2.75) is 25.5 Å². The molecular formula is C18H18FN5OS. The summed E-state index contributed by atoms with van der Waals surface area (Å²) in [4.78, 5) is 12.1. The minimum absolute atomic E-state index is 0.144. The molecule has 0 radical (unpaired) electrons. The first-order valence-electron chi connectivity index (χ1n) is 8.03. The van der Waals surface area contributed by atoms with Gasteiger partial charge in [0.25, 0.3) is 0 Å². The third kappa shape index (κ3) is 4.45. The summed E-state index contributed by atoms with van der Waals surface area (Å²) >= 11 is 1.26. The fourth-order valence-corrected chi connectivity index (χ4v) is 3.16. The summed E-state index contributed by atoms with van der Waals surface area (Å²) in [6.07, 6.45) is 0. The Morgan fingerprint density at radius 1 is 1.19 bits per heavy atom. The molecule has 0 fully saturated rings. The molecule has 1 aromatic heterocycles. The number of nitrogens with one attached hydrogen (secondary N) is 1. The van der Waals surface area contributed by atoms with Gasteiger partial charge < -0.3 is 5.32 Å². The monoisotopic (exact) mass is 371 g/mol. The van der Waals surface area contributed by atoms with Crippen LogP contribution >= 0.6 is 11.8 Å². The maximum absolute atomic E-state index is 12.9. The van der Waals surface area contributed by atoms with Gasteiger partial charge in [-0.15, -0.1) is 5.10 Å². The van der Waals surface area contributed by atoms with Gasteiger partial charge in [0.15, 0.2) is 0 Å². The Morgan fingerprint density at radius 3 is 2.69 bits per heavy atom. The standard InChI is InChI=1S/C18H18FN5OS/c1-12-3-8-16(13(2)9-12)24-18(21-22-23-24)26-11-17(25)20-10-14-4-6-15(19)7-5-14/h3-9H,10-11H2,1-2H3,(H,20,25). The van der Waals surface area contributed by atoms with Gasteiger partial charge in [-0.3, -0.25) is 4.79 Å². The van der Waals surface area contributed by atoms with Gasteiger partial charge in [0.2, 0.25) is 11.1 Å². The molecule has 26 heavy (non-hydrogen) atoms. The summed E-state index contributed by atoms with van der Waals surface area (Å²) in [5.41, 5.74) is 3.94. The second kappa shape index (κ2) is 8.09. The molecule has 0 unspecified atom stereocenters. The van der Waals surface area contributed by atoms with E-state index >= 15 is 0 Å². The Labute approximate surface area is 154 Å². The summed E-state index contributed by atoms with van der Waals surface area (Å²) < 4.78 is 14.5. The van der Waals surface area contributed by atoms with Crippen LogP contribution in [0.3, 0.4) is 0 Å². The van der Waals surface area contributed by atoms with Crippen LogP contribution in [0.1, 0.15) is 16.7 Å². The Kier molecular flexibility index (Phi) is 5.62. The molecule has 1 N–H and O–H groups in total. The zero-order valence-electron chi connectivity index (χ0n) is 14.4. The largest absolute Gasteiger partial charge is 0.351 e. The maximum atomic E-state index is 12.9. The van der Waals surface area contributed by atoms with Gasteiger partial charge in [-0.05, 0) is 53.6 Å². The lowest BCUT2D eigenvalue weighted by Crippen LogP contribution is -2.24. The van der Waals surface area contributed by atoms with Crippen LogP contribution in [0.2, 0.25) is 0 Å². The van der Waals surface area contributed by atoms with Gasteiger partial charge in [0.1, 0.15) is 5.82 Å². The van der Waals surface area contributed by atoms with Crippen molar-refractivity contribution in [1.82, 2.24) is 25.5 Å².